The van der Waals surface area contributed by atoms with Crippen LogP contribution in [0.25, 0.3) is 6.08 Å². The normalized spacial score (nSPS) is 10.5. The van der Waals surface area contributed by atoms with E-state index in [2.05, 4.69) is 11.2 Å². The van der Waals surface area contributed by atoms with Crippen LogP contribution in [-0.2, 0) is 4.79 Å². The molecule has 0 spiro atoms. The maximum absolute atomic E-state index is 12.6. The number of carbonyl (C=O) groups is 1. The fourth-order valence-corrected chi connectivity index (χ4v) is 2.63. The summed E-state index contributed by atoms with van der Waals surface area (Å²) in [6.45, 7) is 6.23. The zero-order valence-electron chi connectivity index (χ0n) is 16.2. The fraction of sp³-hybridized carbons (Fsp3) is 0.217. The molecule has 0 radical (unpaired) electrons. The van der Waals surface area contributed by atoms with Crippen molar-refractivity contribution in [2.75, 3.05) is 18.5 Å². The highest BCUT2D eigenvalue weighted by molar-refractivity contribution is 6.10. The van der Waals surface area contributed by atoms with Gasteiger partial charge in [0.05, 0.1) is 6.61 Å². The summed E-state index contributed by atoms with van der Waals surface area (Å²) in [6, 6.07) is 12.8. The van der Waals surface area contributed by atoms with E-state index in [1.54, 1.807) is 18.2 Å². The summed E-state index contributed by atoms with van der Waals surface area (Å²) in [7, 11) is 0. The molecule has 142 valence electrons. The molecule has 0 aliphatic rings. The molecular formula is C23H22N2O3. The van der Waals surface area contributed by atoms with E-state index in [0.29, 0.717) is 29.4 Å². The van der Waals surface area contributed by atoms with Crippen LogP contribution < -0.4 is 14.8 Å². The molecule has 0 saturated carbocycles. The van der Waals surface area contributed by atoms with Crippen molar-refractivity contribution < 1.29 is 14.3 Å². The number of rotatable bonds is 7. The first-order valence-corrected chi connectivity index (χ1v) is 8.82. The van der Waals surface area contributed by atoms with E-state index in [-0.39, 0.29) is 12.2 Å². The van der Waals surface area contributed by atoms with Crippen LogP contribution in [0.4, 0.5) is 5.69 Å². The van der Waals surface area contributed by atoms with E-state index in [0.717, 1.165) is 11.1 Å². The van der Waals surface area contributed by atoms with Crippen molar-refractivity contribution in [3.05, 3.63) is 58.7 Å². The van der Waals surface area contributed by atoms with Gasteiger partial charge in [-0.3, -0.25) is 4.79 Å². The number of hydrogen-bond donors (Lipinski definition) is 1. The molecule has 2 aromatic carbocycles. The number of benzene rings is 2. The van der Waals surface area contributed by atoms with E-state index >= 15 is 0 Å². The summed E-state index contributed by atoms with van der Waals surface area (Å²) in [5.74, 6) is 2.94. The monoisotopic (exact) mass is 374 g/mol. The van der Waals surface area contributed by atoms with Crippen LogP contribution in [0.2, 0.25) is 0 Å². The van der Waals surface area contributed by atoms with Gasteiger partial charge >= 0.3 is 0 Å². The summed E-state index contributed by atoms with van der Waals surface area (Å²) in [5, 5.41) is 12.3. The van der Waals surface area contributed by atoms with Gasteiger partial charge in [-0.1, -0.05) is 30.2 Å². The first-order chi connectivity index (χ1) is 13.5. The van der Waals surface area contributed by atoms with Crippen molar-refractivity contribution in [3.63, 3.8) is 0 Å². The number of nitriles is 1. The van der Waals surface area contributed by atoms with Gasteiger partial charge in [0.2, 0.25) is 0 Å². The zero-order chi connectivity index (χ0) is 20.5. The van der Waals surface area contributed by atoms with Crippen LogP contribution in [0.15, 0.2) is 42.0 Å². The van der Waals surface area contributed by atoms with Crippen molar-refractivity contribution in [1.29, 1.82) is 5.26 Å². The molecule has 0 atom stereocenters. The summed E-state index contributed by atoms with van der Waals surface area (Å²) >= 11 is 0. The number of nitrogens with zero attached hydrogens (tertiary/aromatic N) is 1. The maximum Gasteiger partial charge on any atom is 0.266 e. The second-order valence-electron chi connectivity index (χ2n) is 6.02. The van der Waals surface area contributed by atoms with Gasteiger partial charge in [-0.05, 0) is 55.7 Å². The van der Waals surface area contributed by atoms with Crippen LogP contribution in [0.5, 0.6) is 11.5 Å². The van der Waals surface area contributed by atoms with Gasteiger partial charge in [0.15, 0.2) is 11.5 Å². The molecule has 0 heterocycles. The van der Waals surface area contributed by atoms with Crippen molar-refractivity contribution in [2.24, 2.45) is 0 Å². The minimum absolute atomic E-state index is 0.0117. The van der Waals surface area contributed by atoms with Crippen LogP contribution in [-0.4, -0.2) is 19.1 Å². The molecule has 0 aromatic heterocycles. The lowest BCUT2D eigenvalue weighted by molar-refractivity contribution is -0.112. The summed E-state index contributed by atoms with van der Waals surface area (Å²) in [4.78, 5) is 12.6. The Labute approximate surface area is 165 Å². The highest BCUT2D eigenvalue weighted by Crippen LogP contribution is 2.29. The second-order valence-corrected chi connectivity index (χ2v) is 6.02. The molecule has 1 N–H and O–H groups in total. The highest BCUT2D eigenvalue weighted by Gasteiger charge is 2.13. The van der Waals surface area contributed by atoms with Gasteiger partial charge in [0.25, 0.3) is 5.91 Å². The van der Waals surface area contributed by atoms with Crippen LogP contribution >= 0.6 is 0 Å². The Bertz CT molecular complexity index is 958. The average Bonchev–Trinajstić information content (AvgIpc) is 2.68. The molecule has 0 saturated heterocycles. The standard InChI is InChI=1S/C23H22N2O3/c1-5-12-28-20-11-10-18(14-21(20)27-6-2)13-19(15-24)23(26)25-22-16(3)8-7-9-17(22)4/h1,7-11,13-14H,6,12H2,2-4H3,(H,25,26)/b19-13+. The van der Waals surface area contributed by atoms with E-state index < -0.39 is 5.91 Å². The Morgan fingerprint density at radius 2 is 1.89 bits per heavy atom. The van der Waals surface area contributed by atoms with Crippen LogP contribution in [0, 0.1) is 37.5 Å². The third kappa shape index (κ3) is 5.16. The SMILES string of the molecule is C#CCOc1ccc(/C=C(\C#N)C(=O)Nc2c(C)cccc2C)cc1OCC. The summed E-state index contributed by atoms with van der Waals surface area (Å²) in [5.41, 5.74) is 3.20. The van der Waals surface area contributed by atoms with Gasteiger partial charge in [0.1, 0.15) is 18.2 Å². The van der Waals surface area contributed by atoms with Crippen molar-refractivity contribution in [3.8, 4) is 29.9 Å². The molecular weight excluding hydrogens is 352 g/mol. The highest BCUT2D eigenvalue weighted by atomic mass is 16.5. The predicted molar refractivity (Wildman–Crippen MR) is 110 cm³/mol. The topological polar surface area (TPSA) is 71.3 Å². The van der Waals surface area contributed by atoms with E-state index in [4.69, 9.17) is 15.9 Å². The molecule has 5 heteroatoms. The number of anilines is 1. The lowest BCUT2D eigenvalue weighted by Crippen LogP contribution is -2.15. The molecule has 2 rings (SSSR count). The first kappa shape index (κ1) is 20.6. The molecule has 5 nitrogen and oxygen atoms in total. The largest absolute Gasteiger partial charge is 0.490 e. The lowest BCUT2D eigenvalue weighted by Gasteiger charge is -2.12. The van der Waals surface area contributed by atoms with Gasteiger partial charge < -0.3 is 14.8 Å². The van der Waals surface area contributed by atoms with E-state index in [1.165, 1.54) is 6.08 Å². The third-order valence-corrected chi connectivity index (χ3v) is 3.97. The number of ether oxygens (including phenoxy) is 2. The van der Waals surface area contributed by atoms with Gasteiger partial charge in [-0.15, -0.1) is 6.42 Å². The van der Waals surface area contributed by atoms with Gasteiger partial charge in [0, 0.05) is 5.69 Å². The number of para-hydroxylation sites is 1. The third-order valence-electron chi connectivity index (χ3n) is 3.97. The Kier molecular flexibility index (Phi) is 7.25. The molecule has 0 unspecified atom stereocenters. The van der Waals surface area contributed by atoms with Crippen molar-refractivity contribution in [1.82, 2.24) is 0 Å². The smallest absolute Gasteiger partial charge is 0.266 e. The number of terminal acetylenes is 1. The Morgan fingerprint density at radius 3 is 2.50 bits per heavy atom. The van der Waals surface area contributed by atoms with Crippen molar-refractivity contribution in [2.45, 2.75) is 20.8 Å². The predicted octanol–water partition coefficient (Wildman–Crippen LogP) is 4.26. The van der Waals surface area contributed by atoms with E-state index in [1.807, 2.05) is 45.0 Å². The minimum atomic E-state index is -0.467. The molecule has 0 fully saturated rings. The van der Waals surface area contributed by atoms with Gasteiger partial charge in [-0.2, -0.15) is 5.26 Å². The quantitative estimate of drug-likeness (QED) is 0.447. The average molecular weight is 374 g/mol. The second kappa shape index (κ2) is 9.85. The van der Waals surface area contributed by atoms with Gasteiger partial charge in [-0.25, -0.2) is 0 Å². The Balaban J connectivity index is 2.30. The number of hydrogen-bond acceptors (Lipinski definition) is 4. The van der Waals surface area contributed by atoms with Crippen LogP contribution in [0.1, 0.15) is 23.6 Å². The first-order valence-electron chi connectivity index (χ1n) is 8.82. The number of nitrogens with one attached hydrogen (secondary N) is 1. The van der Waals surface area contributed by atoms with Crippen LogP contribution in [0.3, 0.4) is 0 Å². The van der Waals surface area contributed by atoms with Crippen molar-refractivity contribution >= 4 is 17.7 Å². The zero-order valence-corrected chi connectivity index (χ0v) is 16.2. The van der Waals surface area contributed by atoms with E-state index in [9.17, 15) is 10.1 Å². The minimum Gasteiger partial charge on any atom is -0.490 e. The fourth-order valence-electron chi connectivity index (χ4n) is 2.63. The molecule has 28 heavy (non-hydrogen) atoms. The molecule has 0 aliphatic carbocycles. The molecule has 2 aromatic rings. The molecule has 0 bridgehead atoms. The molecule has 1 amide bonds. The Hall–Kier alpha value is -3.70. The maximum atomic E-state index is 12.6. The molecule has 0 aliphatic heterocycles. The lowest BCUT2D eigenvalue weighted by atomic mass is 10.1. The summed E-state index contributed by atoms with van der Waals surface area (Å²) < 4.78 is 11.0. The summed E-state index contributed by atoms with van der Waals surface area (Å²) in [6.07, 6.45) is 6.74. The number of carbonyl (C=O) groups excluding carboxylic acids is 1. The Morgan fingerprint density at radius 1 is 1.18 bits per heavy atom. The number of amides is 1. The number of aryl methyl sites for hydroxylation is 2.